The van der Waals surface area contributed by atoms with Gasteiger partial charge in [0.15, 0.2) is 0 Å². The van der Waals surface area contributed by atoms with Crippen LogP contribution in [0.5, 0.6) is 0 Å². The maximum Gasteiger partial charge on any atom is 0.254 e. The number of rotatable bonds is 4. The standard InChI is InChI=1S/C25H25FN2O2/c1-17(18-9-11-21(26)12-10-18)27-24(29)20-13-15-28(16-14-20)25(30)23-8-4-6-19-5-2-3-7-22(19)23/h2-12,17,20H,13-16H2,1H3,(H,27,29). The third-order valence-electron chi connectivity index (χ3n) is 5.90. The zero-order valence-corrected chi connectivity index (χ0v) is 17.0. The Balaban J connectivity index is 1.36. The van der Waals surface area contributed by atoms with E-state index in [9.17, 15) is 14.0 Å². The molecule has 1 atom stereocenters. The highest BCUT2D eigenvalue weighted by Gasteiger charge is 2.29. The van der Waals surface area contributed by atoms with Gasteiger partial charge in [0, 0.05) is 24.6 Å². The number of hydrogen-bond acceptors (Lipinski definition) is 2. The second kappa shape index (κ2) is 8.66. The van der Waals surface area contributed by atoms with Crippen LogP contribution in [0.2, 0.25) is 0 Å². The summed E-state index contributed by atoms with van der Waals surface area (Å²) in [7, 11) is 0. The molecule has 1 unspecified atom stereocenters. The molecule has 4 rings (SSSR count). The fraction of sp³-hybridized carbons (Fsp3) is 0.280. The molecule has 1 aliphatic heterocycles. The SMILES string of the molecule is CC(NC(=O)C1CCN(C(=O)c2cccc3ccccc23)CC1)c1ccc(F)cc1. The molecule has 2 amide bonds. The van der Waals surface area contributed by atoms with E-state index < -0.39 is 0 Å². The van der Waals surface area contributed by atoms with Crippen molar-refractivity contribution >= 4 is 22.6 Å². The number of carbonyl (C=O) groups is 2. The number of halogens is 1. The number of likely N-dealkylation sites (tertiary alicyclic amines) is 1. The van der Waals surface area contributed by atoms with Crippen molar-refractivity contribution in [1.82, 2.24) is 10.2 Å². The predicted molar refractivity (Wildman–Crippen MR) is 116 cm³/mol. The van der Waals surface area contributed by atoms with E-state index in [0.717, 1.165) is 16.3 Å². The molecule has 5 heteroatoms. The second-order valence-electron chi connectivity index (χ2n) is 7.88. The van der Waals surface area contributed by atoms with Crippen molar-refractivity contribution in [1.29, 1.82) is 0 Å². The van der Waals surface area contributed by atoms with Crippen LogP contribution in [0.15, 0.2) is 66.7 Å². The number of nitrogens with one attached hydrogen (secondary N) is 1. The van der Waals surface area contributed by atoms with Gasteiger partial charge in [-0.15, -0.1) is 0 Å². The smallest absolute Gasteiger partial charge is 0.254 e. The van der Waals surface area contributed by atoms with Crippen LogP contribution < -0.4 is 5.32 Å². The molecule has 3 aromatic rings. The van der Waals surface area contributed by atoms with Crippen molar-refractivity contribution in [2.24, 2.45) is 5.92 Å². The summed E-state index contributed by atoms with van der Waals surface area (Å²) in [5, 5.41) is 5.03. The van der Waals surface area contributed by atoms with Crippen molar-refractivity contribution in [2.45, 2.75) is 25.8 Å². The first-order valence-electron chi connectivity index (χ1n) is 10.4. The summed E-state index contributed by atoms with van der Waals surface area (Å²) < 4.78 is 13.1. The van der Waals surface area contributed by atoms with Gasteiger partial charge in [0.25, 0.3) is 5.91 Å². The number of piperidine rings is 1. The first-order chi connectivity index (χ1) is 14.5. The monoisotopic (exact) mass is 404 g/mol. The van der Waals surface area contributed by atoms with Gasteiger partial charge in [-0.25, -0.2) is 4.39 Å². The first-order valence-corrected chi connectivity index (χ1v) is 10.4. The van der Waals surface area contributed by atoms with E-state index in [1.165, 1.54) is 12.1 Å². The van der Waals surface area contributed by atoms with E-state index >= 15 is 0 Å². The minimum absolute atomic E-state index is 0.0101. The lowest BCUT2D eigenvalue weighted by Gasteiger charge is -2.32. The van der Waals surface area contributed by atoms with Gasteiger partial charge in [-0.05, 0) is 54.3 Å². The largest absolute Gasteiger partial charge is 0.349 e. The molecule has 3 aromatic carbocycles. The zero-order chi connectivity index (χ0) is 21.1. The Morgan fingerprint density at radius 2 is 1.63 bits per heavy atom. The Kier molecular flexibility index (Phi) is 5.79. The fourth-order valence-corrected chi connectivity index (χ4v) is 4.09. The minimum Gasteiger partial charge on any atom is -0.349 e. The second-order valence-corrected chi connectivity index (χ2v) is 7.88. The molecule has 1 aliphatic rings. The molecule has 0 spiro atoms. The highest BCUT2D eigenvalue weighted by atomic mass is 19.1. The molecule has 1 fully saturated rings. The maximum absolute atomic E-state index is 13.1. The summed E-state index contributed by atoms with van der Waals surface area (Å²) >= 11 is 0. The van der Waals surface area contributed by atoms with Gasteiger partial charge in [0.1, 0.15) is 5.82 Å². The van der Waals surface area contributed by atoms with Crippen molar-refractivity contribution in [3.8, 4) is 0 Å². The van der Waals surface area contributed by atoms with Gasteiger partial charge in [-0.3, -0.25) is 9.59 Å². The fourth-order valence-electron chi connectivity index (χ4n) is 4.09. The zero-order valence-electron chi connectivity index (χ0n) is 17.0. The van der Waals surface area contributed by atoms with E-state index in [0.29, 0.717) is 31.5 Å². The molecular formula is C25H25FN2O2. The van der Waals surface area contributed by atoms with E-state index in [4.69, 9.17) is 0 Å². The Morgan fingerprint density at radius 1 is 0.967 bits per heavy atom. The number of benzene rings is 3. The predicted octanol–water partition coefficient (Wildman–Crippen LogP) is 4.71. The van der Waals surface area contributed by atoms with Gasteiger partial charge in [-0.1, -0.05) is 48.5 Å². The van der Waals surface area contributed by atoms with Crippen molar-refractivity contribution in [3.63, 3.8) is 0 Å². The normalized spacial score (nSPS) is 15.7. The average Bonchev–Trinajstić information content (AvgIpc) is 2.78. The van der Waals surface area contributed by atoms with Gasteiger partial charge in [0.05, 0.1) is 6.04 Å². The van der Waals surface area contributed by atoms with E-state index in [-0.39, 0.29) is 29.6 Å². The van der Waals surface area contributed by atoms with Crippen molar-refractivity contribution in [3.05, 3.63) is 83.7 Å². The number of hydrogen-bond donors (Lipinski definition) is 1. The lowest BCUT2D eigenvalue weighted by atomic mass is 9.94. The number of amides is 2. The van der Waals surface area contributed by atoms with Gasteiger partial charge >= 0.3 is 0 Å². The molecule has 1 N–H and O–H groups in total. The maximum atomic E-state index is 13.1. The van der Waals surface area contributed by atoms with Crippen LogP contribution in [0.4, 0.5) is 4.39 Å². The summed E-state index contributed by atoms with van der Waals surface area (Å²) in [5.41, 5.74) is 1.58. The Hall–Kier alpha value is -3.21. The summed E-state index contributed by atoms with van der Waals surface area (Å²) in [6, 6.07) is 19.7. The van der Waals surface area contributed by atoms with Crippen LogP contribution in [0, 0.1) is 11.7 Å². The van der Waals surface area contributed by atoms with E-state index in [1.54, 1.807) is 12.1 Å². The Bertz CT molecular complexity index is 1050. The summed E-state index contributed by atoms with van der Waals surface area (Å²) in [6.45, 7) is 3.01. The molecule has 1 heterocycles. The van der Waals surface area contributed by atoms with Gasteiger partial charge in [-0.2, -0.15) is 0 Å². The van der Waals surface area contributed by atoms with Gasteiger partial charge in [0.2, 0.25) is 5.91 Å². The van der Waals surface area contributed by atoms with Crippen molar-refractivity contribution < 1.29 is 14.0 Å². The number of carbonyl (C=O) groups excluding carboxylic acids is 2. The van der Waals surface area contributed by atoms with Crippen molar-refractivity contribution in [2.75, 3.05) is 13.1 Å². The summed E-state index contributed by atoms with van der Waals surface area (Å²) in [5.74, 6) is -0.403. The summed E-state index contributed by atoms with van der Waals surface area (Å²) in [6.07, 6.45) is 1.27. The first kappa shape index (κ1) is 20.1. The molecule has 154 valence electrons. The van der Waals surface area contributed by atoms with Crippen LogP contribution in [0.25, 0.3) is 10.8 Å². The molecular weight excluding hydrogens is 379 g/mol. The molecule has 0 radical (unpaired) electrons. The van der Waals surface area contributed by atoms with Crippen LogP contribution in [-0.4, -0.2) is 29.8 Å². The molecule has 1 saturated heterocycles. The van der Waals surface area contributed by atoms with Crippen LogP contribution >= 0.6 is 0 Å². The Morgan fingerprint density at radius 3 is 2.37 bits per heavy atom. The van der Waals surface area contributed by atoms with E-state index in [1.807, 2.05) is 54.3 Å². The minimum atomic E-state index is -0.291. The van der Waals surface area contributed by atoms with Crippen LogP contribution in [0.3, 0.4) is 0 Å². The average molecular weight is 404 g/mol. The lowest BCUT2D eigenvalue weighted by Crippen LogP contribution is -2.43. The molecule has 4 nitrogen and oxygen atoms in total. The Labute approximate surface area is 175 Å². The lowest BCUT2D eigenvalue weighted by molar-refractivity contribution is -0.126. The molecule has 0 saturated carbocycles. The third-order valence-corrected chi connectivity index (χ3v) is 5.90. The third kappa shape index (κ3) is 4.20. The molecule has 30 heavy (non-hydrogen) atoms. The highest BCUT2D eigenvalue weighted by molar-refractivity contribution is 6.07. The molecule has 0 aliphatic carbocycles. The van der Waals surface area contributed by atoms with E-state index in [2.05, 4.69) is 5.32 Å². The topological polar surface area (TPSA) is 49.4 Å². The number of fused-ring (bicyclic) bond motifs is 1. The van der Waals surface area contributed by atoms with Gasteiger partial charge < -0.3 is 10.2 Å². The van der Waals surface area contributed by atoms with Crippen LogP contribution in [-0.2, 0) is 4.79 Å². The summed E-state index contributed by atoms with van der Waals surface area (Å²) in [4.78, 5) is 27.6. The van der Waals surface area contributed by atoms with Crippen LogP contribution in [0.1, 0.15) is 41.7 Å². The molecule has 0 bridgehead atoms. The molecule has 0 aromatic heterocycles. The number of nitrogens with zero attached hydrogens (tertiary/aromatic N) is 1. The highest BCUT2D eigenvalue weighted by Crippen LogP contribution is 2.24. The quantitative estimate of drug-likeness (QED) is 0.685.